The number of pyridine rings is 1. The number of nitrogens with zero attached hydrogens (tertiary/aromatic N) is 2. The van der Waals surface area contributed by atoms with Gasteiger partial charge in [-0.2, -0.15) is 0 Å². The third kappa shape index (κ3) is 5.81. The number of allylic oxidation sites excluding steroid dienone is 1. The minimum absolute atomic E-state index is 0.102. The molecular weight excluding hydrogens is 370 g/mol. The van der Waals surface area contributed by atoms with E-state index in [-0.39, 0.29) is 23.9 Å². The fraction of sp³-hybridized carbons (Fsp3) is 0.318. The summed E-state index contributed by atoms with van der Waals surface area (Å²) >= 11 is 0. The Morgan fingerprint density at radius 3 is 2.38 bits per heavy atom. The molecule has 0 unspecified atom stereocenters. The molecule has 29 heavy (non-hydrogen) atoms. The first-order valence-corrected chi connectivity index (χ1v) is 9.55. The Kier molecular flexibility index (Phi) is 7.77. The van der Waals surface area contributed by atoms with Crippen molar-refractivity contribution >= 4 is 17.7 Å². The zero-order chi connectivity index (χ0) is 21.4. The number of urea groups is 1. The van der Waals surface area contributed by atoms with Gasteiger partial charge in [-0.15, -0.1) is 0 Å². The highest BCUT2D eigenvalue weighted by Crippen LogP contribution is 2.17. The summed E-state index contributed by atoms with van der Waals surface area (Å²) in [7, 11) is 0. The van der Waals surface area contributed by atoms with Gasteiger partial charge >= 0.3 is 12.0 Å². The van der Waals surface area contributed by atoms with Crippen LogP contribution < -0.4 is 10.9 Å². The number of amides is 2. The van der Waals surface area contributed by atoms with Crippen molar-refractivity contribution in [2.75, 3.05) is 18.4 Å². The number of ether oxygens (including phenoxy) is 1. The summed E-state index contributed by atoms with van der Waals surface area (Å²) in [5.74, 6) is -0.345. The number of hydrogen-bond donors (Lipinski definition) is 1. The molecule has 7 nitrogen and oxygen atoms in total. The Balaban J connectivity index is 2.40. The van der Waals surface area contributed by atoms with Gasteiger partial charge in [0.2, 0.25) is 0 Å². The maximum atomic E-state index is 13.0. The summed E-state index contributed by atoms with van der Waals surface area (Å²) in [4.78, 5) is 39.6. The zero-order valence-corrected chi connectivity index (χ0v) is 17.1. The van der Waals surface area contributed by atoms with Gasteiger partial charge in [-0.1, -0.05) is 36.9 Å². The van der Waals surface area contributed by atoms with Gasteiger partial charge in [-0.3, -0.25) is 9.36 Å². The van der Waals surface area contributed by atoms with Crippen LogP contribution in [-0.4, -0.2) is 34.6 Å². The van der Waals surface area contributed by atoms with Crippen LogP contribution in [0, 0.1) is 0 Å². The van der Waals surface area contributed by atoms with Crippen LogP contribution in [0.5, 0.6) is 0 Å². The predicted octanol–water partition coefficient (Wildman–Crippen LogP) is 3.58. The number of esters is 1. The van der Waals surface area contributed by atoms with Crippen molar-refractivity contribution in [2.24, 2.45) is 0 Å². The van der Waals surface area contributed by atoms with Crippen molar-refractivity contribution in [3.63, 3.8) is 0 Å². The molecule has 1 N–H and O–H groups in total. The Labute approximate surface area is 170 Å². The van der Waals surface area contributed by atoms with Crippen LogP contribution in [-0.2, 0) is 16.0 Å². The molecule has 0 fully saturated rings. The molecule has 0 saturated heterocycles. The highest BCUT2D eigenvalue weighted by atomic mass is 16.5. The molecule has 1 heterocycles. The van der Waals surface area contributed by atoms with Gasteiger partial charge in [-0.05, 0) is 38.5 Å². The van der Waals surface area contributed by atoms with E-state index >= 15 is 0 Å². The van der Waals surface area contributed by atoms with Gasteiger partial charge in [0, 0.05) is 25.7 Å². The number of hydrogen-bond acceptors (Lipinski definition) is 4. The molecule has 1 aromatic heterocycles. The third-order valence-corrected chi connectivity index (χ3v) is 4.42. The van der Waals surface area contributed by atoms with E-state index in [4.69, 9.17) is 4.74 Å². The predicted molar refractivity (Wildman–Crippen MR) is 113 cm³/mol. The van der Waals surface area contributed by atoms with Gasteiger partial charge in [0.15, 0.2) is 0 Å². The molecule has 0 aliphatic heterocycles. The first-order chi connectivity index (χ1) is 13.9. The fourth-order valence-corrected chi connectivity index (χ4v) is 2.93. The Hall–Kier alpha value is -3.35. The van der Waals surface area contributed by atoms with E-state index in [1.807, 2.05) is 44.2 Å². The molecule has 0 aliphatic carbocycles. The summed E-state index contributed by atoms with van der Waals surface area (Å²) < 4.78 is 6.49. The molecule has 0 saturated carbocycles. The van der Waals surface area contributed by atoms with Crippen molar-refractivity contribution in [3.8, 4) is 0 Å². The lowest BCUT2D eigenvalue weighted by Crippen LogP contribution is -2.38. The van der Waals surface area contributed by atoms with E-state index in [1.54, 1.807) is 17.9 Å². The van der Waals surface area contributed by atoms with E-state index in [2.05, 4.69) is 11.9 Å². The van der Waals surface area contributed by atoms with Crippen LogP contribution in [0.25, 0.3) is 0 Å². The van der Waals surface area contributed by atoms with E-state index in [0.29, 0.717) is 13.1 Å². The fourth-order valence-electron chi connectivity index (χ4n) is 2.93. The Bertz CT molecular complexity index is 917. The van der Waals surface area contributed by atoms with Crippen LogP contribution in [0.2, 0.25) is 0 Å². The molecule has 0 aliphatic rings. The normalized spacial score (nSPS) is 11.4. The van der Waals surface area contributed by atoms with Crippen LogP contribution in [0.15, 0.2) is 65.8 Å². The number of aromatic nitrogens is 1. The molecule has 0 radical (unpaired) electrons. The van der Waals surface area contributed by atoms with Crippen molar-refractivity contribution < 1.29 is 14.3 Å². The quantitative estimate of drug-likeness (QED) is 0.545. The third-order valence-electron chi connectivity index (χ3n) is 4.42. The molecular formula is C22H27N3O4. The molecule has 1 atom stereocenters. The minimum atomic E-state index is -0.896. The van der Waals surface area contributed by atoms with E-state index < -0.39 is 17.6 Å². The number of carbonyl (C=O) groups is 2. The maximum absolute atomic E-state index is 13.0. The second-order valence-electron chi connectivity index (χ2n) is 6.57. The van der Waals surface area contributed by atoms with Crippen LogP contribution in [0.3, 0.4) is 0 Å². The van der Waals surface area contributed by atoms with Crippen molar-refractivity contribution in [1.82, 2.24) is 9.47 Å². The molecule has 154 valence electrons. The lowest BCUT2D eigenvalue weighted by atomic mass is 10.1. The van der Waals surface area contributed by atoms with Crippen LogP contribution in [0.1, 0.15) is 32.4 Å². The maximum Gasteiger partial charge on any atom is 0.334 e. The van der Waals surface area contributed by atoms with E-state index in [0.717, 1.165) is 5.56 Å². The van der Waals surface area contributed by atoms with Crippen molar-refractivity contribution in [3.05, 3.63) is 76.9 Å². The second-order valence-corrected chi connectivity index (χ2v) is 6.57. The average Bonchev–Trinajstić information content (AvgIpc) is 2.69. The standard InChI is InChI=1S/C22H27N3O4/c1-5-24(6-2)22(28)23-18-13-10-14-25(20(18)26)19(21(27)29-16(3)4)15-17-11-8-7-9-12-17/h7-14,19H,3,5-6,15H2,1-2,4H3,(H,23,28)/t19-/m0/s1. The number of nitrogens with one attached hydrogen (secondary N) is 1. The number of benzene rings is 1. The number of rotatable bonds is 8. The largest absolute Gasteiger partial charge is 0.430 e. The lowest BCUT2D eigenvalue weighted by molar-refractivity contribution is -0.143. The molecule has 1 aromatic carbocycles. The average molecular weight is 397 g/mol. The van der Waals surface area contributed by atoms with Crippen molar-refractivity contribution in [1.29, 1.82) is 0 Å². The molecule has 7 heteroatoms. The topological polar surface area (TPSA) is 80.6 Å². The summed E-state index contributed by atoms with van der Waals surface area (Å²) in [6.07, 6.45) is 1.78. The minimum Gasteiger partial charge on any atom is -0.430 e. The van der Waals surface area contributed by atoms with Gasteiger partial charge < -0.3 is 15.0 Å². The van der Waals surface area contributed by atoms with Gasteiger partial charge in [0.1, 0.15) is 11.7 Å². The summed E-state index contributed by atoms with van der Waals surface area (Å²) in [6, 6.07) is 11.2. The van der Waals surface area contributed by atoms with Gasteiger partial charge in [0.05, 0.1) is 5.76 Å². The SMILES string of the molecule is C=C(C)OC(=O)[C@H](Cc1ccccc1)n1cccc(NC(=O)N(CC)CC)c1=O. The van der Waals surface area contributed by atoms with Gasteiger partial charge in [0.25, 0.3) is 5.56 Å². The molecule has 0 spiro atoms. The molecule has 2 aromatic rings. The Morgan fingerprint density at radius 1 is 1.14 bits per heavy atom. The number of anilines is 1. The summed E-state index contributed by atoms with van der Waals surface area (Å²) in [5, 5.41) is 2.63. The molecule has 0 bridgehead atoms. The van der Waals surface area contributed by atoms with Crippen LogP contribution >= 0.6 is 0 Å². The highest BCUT2D eigenvalue weighted by Gasteiger charge is 2.25. The molecule has 2 amide bonds. The monoisotopic (exact) mass is 397 g/mol. The smallest absolute Gasteiger partial charge is 0.334 e. The lowest BCUT2D eigenvalue weighted by Gasteiger charge is -2.21. The Morgan fingerprint density at radius 2 is 1.79 bits per heavy atom. The highest BCUT2D eigenvalue weighted by molar-refractivity contribution is 5.89. The zero-order valence-electron chi connectivity index (χ0n) is 17.1. The van der Waals surface area contributed by atoms with Crippen LogP contribution in [0.4, 0.5) is 10.5 Å². The second kappa shape index (κ2) is 10.3. The first-order valence-electron chi connectivity index (χ1n) is 9.55. The first kappa shape index (κ1) is 21.9. The van der Waals surface area contributed by atoms with Gasteiger partial charge in [-0.25, -0.2) is 9.59 Å². The summed E-state index contributed by atoms with van der Waals surface area (Å²) in [6.45, 7) is 9.92. The number of carbonyl (C=O) groups excluding carboxylic acids is 2. The van der Waals surface area contributed by atoms with E-state index in [1.165, 1.54) is 16.8 Å². The molecule has 2 rings (SSSR count). The van der Waals surface area contributed by atoms with E-state index in [9.17, 15) is 14.4 Å². The van der Waals surface area contributed by atoms with Crippen molar-refractivity contribution in [2.45, 2.75) is 33.2 Å². The summed E-state index contributed by atoms with van der Waals surface area (Å²) in [5.41, 5.74) is 0.499.